The van der Waals surface area contributed by atoms with Crippen molar-refractivity contribution < 1.29 is 14.7 Å². The molecule has 1 unspecified atom stereocenters. The van der Waals surface area contributed by atoms with Gasteiger partial charge in [-0.2, -0.15) is 0 Å². The molecule has 2 fully saturated rings. The minimum Gasteiger partial charge on any atom is -0.481 e. The van der Waals surface area contributed by atoms with Crippen molar-refractivity contribution in [2.75, 3.05) is 13.1 Å². The van der Waals surface area contributed by atoms with Crippen molar-refractivity contribution in [2.24, 2.45) is 11.1 Å². The van der Waals surface area contributed by atoms with Gasteiger partial charge in [-0.25, -0.2) is 0 Å². The molecule has 1 heterocycles. The van der Waals surface area contributed by atoms with Crippen LogP contribution in [-0.2, 0) is 9.59 Å². The van der Waals surface area contributed by atoms with Gasteiger partial charge in [0.05, 0.1) is 5.41 Å². The van der Waals surface area contributed by atoms with Gasteiger partial charge in [-0.05, 0) is 25.7 Å². The quantitative estimate of drug-likeness (QED) is 0.823. The van der Waals surface area contributed by atoms with Gasteiger partial charge in [0.15, 0.2) is 0 Å². The van der Waals surface area contributed by atoms with Crippen LogP contribution in [-0.4, -0.2) is 40.5 Å². The summed E-state index contributed by atoms with van der Waals surface area (Å²) in [6.07, 6.45) is 6.70. The highest BCUT2D eigenvalue weighted by molar-refractivity contribution is 5.81. The predicted octanol–water partition coefficient (Wildman–Crippen LogP) is 1.75. The van der Waals surface area contributed by atoms with Gasteiger partial charge in [-0.15, -0.1) is 0 Å². The summed E-state index contributed by atoms with van der Waals surface area (Å²) in [7, 11) is 0. The molecule has 1 saturated carbocycles. The standard InChI is InChI=1S/C15H26N2O3/c1-2-14(13(19)20)8-9-17(11-14)12(18)10-15(16)6-4-3-5-7-15/h2-11,16H2,1H3,(H,19,20). The maximum atomic E-state index is 12.4. The van der Waals surface area contributed by atoms with Crippen molar-refractivity contribution in [1.29, 1.82) is 0 Å². The second-order valence-corrected chi connectivity index (χ2v) is 6.60. The highest BCUT2D eigenvalue weighted by Crippen LogP contribution is 2.36. The Morgan fingerprint density at radius 3 is 2.35 bits per heavy atom. The third-order valence-corrected chi connectivity index (χ3v) is 5.19. The first-order chi connectivity index (χ1) is 9.41. The van der Waals surface area contributed by atoms with Crippen LogP contribution in [0.2, 0.25) is 0 Å². The summed E-state index contributed by atoms with van der Waals surface area (Å²) >= 11 is 0. The van der Waals surface area contributed by atoms with Gasteiger partial charge in [0, 0.05) is 25.0 Å². The lowest BCUT2D eigenvalue weighted by atomic mass is 9.80. The van der Waals surface area contributed by atoms with Crippen LogP contribution in [0.3, 0.4) is 0 Å². The van der Waals surface area contributed by atoms with E-state index in [1.807, 2.05) is 6.92 Å². The molecule has 0 spiro atoms. The van der Waals surface area contributed by atoms with E-state index in [0.29, 0.717) is 32.4 Å². The SMILES string of the molecule is CCC1(C(=O)O)CCN(C(=O)CC2(N)CCCCC2)C1. The molecule has 1 saturated heterocycles. The third kappa shape index (κ3) is 2.97. The number of hydrogen-bond acceptors (Lipinski definition) is 3. The number of rotatable bonds is 4. The molecule has 2 aliphatic rings. The molecule has 1 aliphatic heterocycles. The Labute approximate surface area is 120 Å². The lowest BCUT2D eigenvalue weighted by Gasteiger charge is -2.34. The number of amides is 1. The van der Waals surface area contributed by atoms with Crippen molar-refractivity contribution in [3.8, 4) is 0 Å². The molecule has 5 heteroatoms. The number of carboxylic acid groups (broad SMARTS) is 1. The first-order valence-corrected chi connectivity index (χ1v) is 7.71. The summed E-state index contributed by atoms with van der Waals surface area (Å²) in [5, 5.41) is 9.37. The van der Waals surface area contributed by atoms with Gasteiger partial charge >= 0.3 is 5.97 Å². The summed E-state index contributed by atoms with van der Waals surface area (Å²) in [5.41, 5.74) is 5.21. The molecule has 114 valence electrons. The Hall–Kier alpha value is -1.10. The lowest BCUT2D eigenvalue weighted by molar-refractivity contribution is -0.148. The molecular weight excluding hydrogens is 256 g/mol. The van der Waals surface area contributed by atoms with E-state index in [1.165, 1.54) is 6.42 Å². The number of carbonyl (C=O) groups is 2. The highest BCUT2D eigenvalue weighted by Gasteiger charge is 2.45. The zero-order chi connectivity index (χ0) is 14.8. The fourth-order valence-electron chi connectivity index (χ4n) is 3.55. The predicted molar refractivity (Wildman–Crippen MR) is 76.2 cm³/mol. The van der Waals surface area contributed by atoms with Crippen LogP contribution in [0.15, 0.2) is 0 Å². The Morgan fingerprint density at radius 1 is 1.20 bits per heavy atom. The van der Waals surface area contributed by atoms with Crippen molar-refractivity contribution in [2.45, 2.75) is 63.8 Å². The smallest absolute Gasteiger partial charge is 0.311 e. The van der Waals surface area contributed by atoms with Crippen molar-refractivity contribution in [3.63, 3.8) is 0 Å². The van der Waals surface area contributed by atoms with Gasteiger partial charge in [0.25, 0.3) is 0 Å². The van der Waals surface area contributed by atoms with Crippen LogP contribution in [0.5, 0.6) is 0 Å². The molecule has 1 amide bonds. The van der Waals surface area contributed by atoms with Crippen LogP contribution < -0.4 is 5.73 Å². The number of likely N-dealkylation sites (tertiary alicyclic amines) is 1. The fraction of sp³-hybridized carbons (Fsp3) is 0.867. The topological polar surface area (TPSA) is 83.6 Å². The second kappa shape index (κ2) is 5.72. The Bertz CT molecular complexity index is 391. The minimum absolute atomic E-state index is 0.0333. The zero-order valence-corrected chi connectivity index (χ0v) is 12.4. The Morgan fingerprint density at radius 2 is 1.85 bits per heavy atom. The Balaban J connectivity index is 1.96. The van der Waals surface area contributed by atoms with Crippen molar-refractivity contribution >= 4 is 11.9 Å². The molecule has 0 radical (unpaired) electrons. The van der Waals surface area contributed by atoms with E-state index < -0.39 is 11.4 Å². The average molecular weight is 282 g/mol. The van der Waals surface area contributed by atoms with Gasteiger partial charge in [-0.1, -0.05) is 26.2 Å². The maximum Gasteiger partial charge on any atom is 0.311 e. The molecule has 1 aliphatic carbocycles. The number of nitrogens with two attached hydrogens (primary N) is 1. The second-order valence-electron chi connectivity index (χ2n) is 6.60. The van der Waals surface area contributed by atoms with E-state index in [4.69, 9.17) is 5.73 Å². The first-order valence-electron chi connectivity index (χ1n) is 7.71. The molecular formula is C15H26N2O3. The largest absolute Gasteiger partial charge is 0.481 e. The average Bonchev–Trinajstić information content (AvgIpc) is 2.85. The van der Waals surface area contributed by atoms with Gasteiger partial charge in [-0.3, -0.25) is 9.59 Å². The van der Waals surface area contributed by atoms with Crippen LogP contribution in [0, 0.1) is 5.41 Å². The molecule has 1 atom stereocenters. The number of hydrogen-bond donors (Lipinski definition) is 2. The lowest BCUT2D eigenvalue weighted by Crippen LogP contribution is -2.47. The summed E-state index contributed by atoms with van der Waals surface area (Å²) in [6, 6.07) is 0. The molecule has 3 N–H and O–H groups in total. The van der Waals surface area contributed by atoms with Gasteiger partial charge < -0.3 is 15.7 Å². The van der Waals surface area contributed by atoms with Gasteiger partial charge in [0.1, 0.15) is 0 Å². The van der Waals surface area contributed by atoms with E-state index in [-0.39, 0.29) is 11.4 Å². The molecule has 0 aromatic heterocycles. The number of carbonyl (C=O) groups excluding carboxylic acids is 1. The number of nitrogens with zero attached hydrogens (tertiary/aromatic N) is 1. The van der Waals surface area contributed by atoms with Gasteiger partial charge in [0.2, 0.25) is 5.91 Å². The summed E-state index contributed by atoms with van der Waals surface area (Å²) < 4.78 is 0. The molecule has 5 nitrogen and oxygen atoms in total. The minimum atomic E-state index is -0.782. The van der Waals surface area contributed by atoms with Crippen molar-refractivity contribution in [1.82, 2.24) is 4.90 Å². The van der Waals surface area contributed by atoms with E-state index in [9.17, 15) is 14.7 Å². The summed E-state index contributed by atoms with van der Waals surface area (Å²) in [6.45, 7) is 2.77. The highest BCUT2D eigenvalue weighted by atomic mass is 16.4. The maximum absolute atomic E-state index is 12.4. The molecule has 2 rings (SSSR count). The zero-order valence-electron chi connectivity index (χ0n) is 12.4. The fourth-order valence-corrected chi connectivity index (χ4v) is 3.55. The summed E-state index contributed by atoms with van der Waals surface area (Å²) in [5.74, 6) is -0.749. The number of carboxylic acids is 1. The first kappa shape index (κ1) is 15.3. The van der Waals surface area contributed by atoms with E-state index in [0.717, 1.165) is 25.7 Å². The molecule has 20 heavy (non-hydrogen) atoms. The van der Waals surface area contributed by atoms with Crippen LogP contribution in [0.25, 0.3) is 0 Å². The van der Waals surface area contributed by atoms with E-state index in [2.05, 4.69) is 0 Å². The Kier molecular flexibility index (Phi) is 4.37. The van der Waals surface area contributed by atoms with E-state index in [1.54, 1.807) is 4.90 Å². The van der Waals surface area contributed by atoms with Crippen LogP contribution >= 0.6 is 0 Å². The monoisotopic (exact) mass is 282 g/mol. The van der Waals surface area contributed by atoms with Crippen LogP contribution in [0.1, 0.15) is 58.3 Å². The van der Waals surface area contributed by atoms with Crippen LogP contribution in [0.4, 0.5) is 0 Å². The molecule has 0 bridgehead atoms. The van der Waals surface area contributed by atoms with E-state index >= 15 is 0 Å². The normalized spacial score (nSPS) is 29.4. The molecule has 0 aromatic carbocycles. The molecule has 0 aromatic rings. The number of aliphatic carboxylic acids is 1. The third-order valence-electron chi connectivity index (χ3n) is 5.19. The summed E-state index contributed by atoms with van der Waals surface area (Å²) in [4.78, 5) is 25.5. The van der Waals surface area contributed by atoms with Crippen molar-refractivity contribution in [3.05, 3.63) is 0 Å².